The van der Waals surface area contributed by atoms with E-state index < -0.39 is 0 Å². The van der Waals surface area contributed by atoms with Crippen LogP contribution in [-0.4, -0.2) is 69.4 Å². The lowest BCUT2D eigenvalue weighted by Gasteiger charge is -2.62. The highest BCUT2D eigenvalue weighted by atomic mass is 16.6. The molecule has 12 saturated carbocycles. The summed E-state index contributed by atoms with van der Waals surface area (Å²) in [7, 11) is 0. The van der Waals surface area contributed by atoms with Crippen LogP contribution in [0.3, 0.4) is 0 Å². The third kappa shape index (κ3) is 22.5. The molecule has 102 heavy (non-hydrogen) atoms. The van der Waals surface area contributed by atoms with Gasteiger partial charge in [0.2, 0.25) is 0 Å². The van der Waals surface area contributed by atoms with Crippen molar-refractivity contribution in [1.82, 2.24) is 0 Å². The average molecular weight is 1430 g/mol. The van der Waals surface area contributed by atoms with Crippen LogP contribution in [0.5, 0.6) is 0 Å². The van der Waals surface area contributed by atoms with Crippen molar-refractivity contribution in [3.63, 3.8) is 0 Å². The zero-order valence-electron chi connectivity index (χ0n) is 71.2. The van der Waals surface area contributed by atoms with Gasteiger partial charge in [-0.05, 0) is 383 Å². The molecular weight excluding hydrogens is 1270 g/mol. The minimum atomic E-state index is -0.362. The maximum Gasteiger partial charge on any atom is 0.312 e. The fraction of sp³-hybridized carbons (Fsp3) is 0.933. The van der Waals surface area contributed by atoms with Gasteiger partial charge in [-0.25, -0.2) is 0 Å². The van der Waals surface area contributed by atoms with Crippen LogP contribution in [0, 0.1) is 85.2 Å². The van der Waals surface area contributed by atoms with Gasteiger partial charge in [0.1, 0.15) is 33.6 Å². The fourth-order valence-electron chi connectivity index (χ4n) is 18.9. The second kappa shape index (κ2) is 35.9. The molecule has 8 bridgehead atoms. The van der Waals surface area contributed by atoms with Gasteiger partial charge in [-0.1, -0.05) is 82.1 Å². The Morgan fingerprint density at radius 1 is 0.324 bits per heavy atom. The Hall–Kier alpha value is -3.18. The first-order valence-electron chi connectivity index (χ1n) is 42.6. The number of esters is 6. The maximum atomic E-state index is 12.8. The van der Waals surface area contributed by atoms with Crippen molar-refractivity contribution in [2.75, 3.05) is 0 Å². The van der Waals surface area contributed by atoms with Crippen LogP contribution in [0.1, 0.15) is 418 Å². The van der Waals surface area contributed by atoms with Crippen LogP contribution >= 0.6 is 0 Å². The summed E-state index contributed by atoms with van der Waals surface area (Å²) >= 11 is 0. The lowest BCUT2D eigenvalue weighted by molar-refractivity contribution is -0.231. The van der Waals surface area contributed by atoms with E-state index in [-0.39, 0.29) is 107 Å². The molecule has 12 nitrogen and oxygen atoms in total. The smallest absolute Gasteiger partial charge is 0.312 e. The van der Waals surface area contributed by atoms with E-state index in [0.29, 0.717) is 17.8 Å². The third-order valence-electron chi connectivity index (χ3n) is 29.3. The molecule has 12 fully saturated rings. The molecule has 0 aromatic heterocycles. The number of hydrogen-bond acceptors (Lipinski definition) is 12. The molecule has 0 unspecified atom stereocenters. The van der Waals surface area contributed by atoms with Crippen molar-refractivity contribution in [3.05, 3.63) is 0 Å². The monoisotopic (exact) mass is 1430 g/mol. The molecular formula is C90H160O12. The van der Waals surface area contributed by atoms with Crippen molar-refractivity contribution >= 4 is 35.8 Å². The van der Waals surface area contributed by atoms with Gasteiger partial charge in [-0.3, -0.25) is 28.8 Å². The number of carbonyl (C=O) groups excluding carboxylic acids is 6. The summed E-state index contributed by atoms with van der Waals surface area (Å²) < 4.78 is 35.5. The van der Waals surface area contributed by atoms with Gasteiger partial charge >= 0.3 is 35.8 Å². The first-order valence-corrected chi connectivity index (χ1v) is 42.6. The van der Waals surface area contributed by atoms with E-state index in [1.807, 2.05) is 111 Å². The number of ether oxygens (including phenoxy) is 6. The summed E-state index contributed by atoms with van der Waals surface area (Å²) in [6, 6.07) is 0. The minimum absolute atomic E-state index is 0.00857. The SMILES string of the molecule is CCC(C)(C)C(=O)OC(C)(C)C12CC3CC(CC(C3)C1)C2.CCC(C)(C)C(=O)OC1(C(C)C)C2CC3CC(C2)CC1C3.CCC(C)(C)C(=O)OC1(C)CCCC1.CCC(C)(C)C(=O)OC1(C)CCCCC1.CCC1(OC(=O)C(C)(C)CC)CCCC1.CCC1(OC(=O)C(C)(C)CC)CCCCC1. The fourth-order valence-corrected chi connectivity index (χ4v) is 18.9. The van der Waals surface area contributed by atoms with Gasteiger partial charge in [0.25, 0.3) is 0 Å². The van der Waals surface area contributed by atoms with Crippen LogP contribution in [0.15, 0.2) is 0 Å². The Bertz CT molecular complexity index is 2610. The normalized spacial score (nSPS) is 28.7. The predicted molar refractivity (Wildman–Crippen MR) is 416 cm³/mol. The van der Waals surface area contributed by atoms with E-state index in [2.05, 4.69) is 69.2 Å². The second-order valence-electron chi connectivity index (χ2n) is 40.3. The van der Waals surface area contributed by atoms with Crippen molar-refractivity contribution in [3.8, 4) is 0 Å². The molecule has 0 N–H and O–H groups in total. The van der Waals surface area contributed by atoms with Gasteiger partial charge in [-0.2, -0.15) is 0 Å². The first-order chi connectivity index (χ1) is 47.2. The van der Waals surface area contributed by atoms with Gasteiger partial charge < -0.3 is 28.4 Å². The van der Waals surface area contributed by atoms with Crippen LogP contribution in [0.4, 0.5) is 0 Å². The van der Waals surface area contributed by atoms with E-state index in [4.69, 9.17) is 28.4 Å². The zero-order chi connectivity index (χ0) is 77.0. The average Bonchev–Trinajstić information content (AvgIpc) is 0.777. The van der Waals surface area contributed by atoms with Crippen LogP contribution in [-0.2, 0) is 57.2 Å². The Labute approximate surface area is 626 Å². The summed E-state index contributed by atoms with van der Waals surface area (Å²) in [4.78, 5) is 73.2. The summed E-state index contributed by atoms with van der Waals surface area (Å²) in [6.45, 7) is 53.4. The molecule has 0 aromatic carbocycles. The molecule has 0 amide bonds. The van der Waals surface area contributed by atoms with Crippen molar-refractivity contribution in [2.24, 2.45) is 85.2 Å². The molecule has 0 atom stereocenters. The molecule has 0 spiro atoms. The second-order valence-corrected chi connectivity index (χ2v) is 40.3. The van der Waals surface area contributed by atoms with Gasteiger partial charge in [-0.15, -0.1) is 0 Å². The van der Waals surface area contributed by atoms with Crippen LogP contribution < -0.4 is 0 Å². The highest BCUT2D eigenvalue weighted by molar-refractivity contribution is 5.79. The Morgan fingerprint density at radius 3 is 0.853 bits per heavy atom. The lowest BCUT2D eigenvalue weighted by Crippen LogP contribution is -2.63. The molecule has 12 rings (SSSR count). The highest BCUT2D eigenvalue weighted by Gasteiger charge is 2.62. The van der Waals surface area contributed by atoms with E-state index >= 15 is 0 Å². The van der Waals surface area contributed by atoms with E-state index in [1.54, 1.807) is 0 Å². The summed E-state index contributed by atoms with van der Waals surface area (Å²) in [5, 5.41) is 0. The molecule has 0 heterocycles. The molecule has 592 valence electrons. The quantitative estimate of drug-likeness (QED) is 0.0747. The standard InChI is InChI=1S/2C19H32O2.C14H26O2.2C13H24O2.C12H22O2/c1-6-17(2,3)16(20)21-18(4,5)19-10-13-7-14(11-19)9-15(8-13)12-19;1-6-18(4,5)17(20)21-19(12(2)3)15-8-13-7-14(10-15)11-16(19)9-13;1-5-13(3,4)12(15)16-14(6-2)10-8-7-9-11-14;1-5-12(2,3)11(14)15-13(4)9-7-6-8-10-13;1-5-12(3,4)11(14)15-13(6-2)9-7-8-10-13;1-5-11(2,3)10(13)14-12(4)8-6-7-9-12/h13-15H,6-12H2,1-5H3;12-16H,6-11H2,1-5H3;5-11H2,1-4H3;2*5-10H2,1-4H3;5-9H2,1-4H3. The Balaban J connectivity index is 0.000000222. The number of rotatable bonds is 22. The molecule has 12 aliphatic carbocycles. The predicted octanol–water partition coefficient (Wildman–Crippen LogP) is 24.5. The minimum Gasteiger partial charge on any atom is -0.459 e. The van der Waals surface area contributed by atoms with Gasteiger partial charge in [0.05, 0.1) is 32.5 Å². The molecule has 0 aromatic rings. The third-order valence-corrected chi connectivity index (χ3v) is 29.3. The summed E-state index contributed by atoms with van der Waals surface area (Å²) in [5.74, 6) is 6.10. The van der Waals surface area contributed by atoms with Crippen molar-refractivity contribution in [1.29, 1.82) is 0 Å². The van der Waals surface area contributed by atoms with E-state index in [1.165, 1.54) is 135 Å². The highest BCUT2D eigenvalue weighted by Crippen LogP contribution is 2.65. The first kappa shape index (κ1) is 89.4. The summed E-state index contributed by atoms with van der Waals surface area (Å²) in [5.41, 5.74) is -2.92. The lowest BCUT2D eigenvalue weighted by atomic mass is 9.46. The van der Waals surface area contributed by atoms with Crippen LogP contribution in [0.2, 0.25) is 0 Å². The van der Waals surface area contributed by atoms with Crippen molar-refractivity contribution < 1.29 is 57.2 Å². The number of carbonyl (C=O) groups is 6. The number of hydrogen-bond donors (Lipinski definition) is 0. The zero-order valence-corrected chi connectivity index (χ0v) is 71.2. The maximum absolute atomic E-state index is 12.8. The molecule has 0 aliphatic heterocycles. The molecule has 0 radical (unpaired) electrons. The van der Waals surface area contributed by atoms with Crippen molar-refractivity contribution in [2.45, 2.75) is 451 Å². The van der Waals surface area contributed by atoms with Gasteiger partial charge in [0, 0.05) is 5.41 Å². The largest absolute Gasteiger partial charge is 0.459 e. The Morgan fingerprint density at radius 2 is 0.569 bits per heavy atom. The molecule has 12 heteroatoms. The molecule has 0 saturated heterocycles. The topological polar surface area (TPSA) is 158 Å². The van der Waals surface area contributed by atoms with E-state index in [9.17, 15) is 28.8 Å². The van der Waals surface area contributed by atoms with Crippen LogP contribution in [0.25, 0.3) is 0 Å². The van der Waals surface area contributed by atoms with Gasteiger partial charge in [0.15, 0.2) is 0 Å². The summed E-state index contributed by atoms with van der Waals surface area (Å²) in [6.07, 6.45) is 42.2. The Kier molecular flexibility index (Phi) is 31.5. The van der Waals surface area contributed by atoms with E-state index in [0.717, 1.165) is 132 Å². The molecule has 12 aliphatic rings.